The third-order valence-electron chi connectivity index (χ3n) is 4.21. The van der Waals surface area contributed by atoms with Gasteiger partial charge in [0, 0.05) is 5.54 Å². The van der Waals surface area contributed by atoms with E-state index in [9.17, 15) is 0 Å². The van der Waals surface area contributed by atoms with Gasteiger partial charge in [-0.3, -0.25) is 4.90 Å². The number of rotatable bonds is 4. The molecule has 0 saturated carbocycles. The Labute approximate surface area is 115 Å². The summed E-state index contributed by atoms with van der Waals surface area (Å²) in [4.78, 5) is 2.33. The average molecular weight is 264 g/mol. The van der Waals surface area contributed by atoms with Crippen molar-refractivity contribution in [1.29, 1.82) is 0 Å². The number of methoxy groups -OCH3 is 2. The number of ether oxygens (including phenoxy) is 2. The smallest absolute Gasteiger partial charge is 0.161 e. The van der Waals surface area contributed by atoms with Gasteiger partial charge in [-0.2, -0.15) is 0 Å². The summed E-state index contributed by atoms with van der Waals surface area (Å²) >= 11 is 0. The van der Waals surface area contributed by atoms with Crippen LogP contribution in [0.15, 0.2) is 18.2 Å². The van der Waals surface area contributed by atoms with E-state index in [-0.39, 0.29) is 5.54 Å². The predicted octanol–water partition coefficient (Wildman–Crippen LogP) is 1.84. The second kappa shape index (κ2) is 5.80. The van der Waals surface area contributed by atoms with Crippen LogP contribution in [0.5, 0.6) is 11.5 Å². The second-order valence-corrected chi connectivity index (χ2v) is 5.25. The van der Waals surface area contributed by atoms with Crippen LogP contribution in [0, 0.1) is 0 Å². The average Bonchev–Trinajstić information content (AvgIpc) is 2.47. The van der Waals surface area contributed by atoms with E-state index in [4.69, 9.17) is 9.47 Å². The van der Waals surface area contributed by atoms with Gasteiger partial charge < -0.3 is 14.8 Å². The Morgan fingerprint density at radius 2 is 1.68 bits per heavy atom. The van der Waals surface area contributed by atoms with E-state index < -0.39 is 0 Å². The summed E-state index contributed by atoms with van der Waals surface area (Å²) in [5, 5.41) is 3.43. The van der Waals surface area contributed by atoms with Crippen molar-refractivity contribution in [3.05, 3.63) is 23.8 Å². The summed E-state index contributed by atoms with van der Waals surface area (Å²) in [6, 6.07) is 6.28. The molecule has 0 amide bonds. The summed E-state index contributed by atoms with van der Waals surface area (Å²) in [6.45, 7) is 2.10. The number of nitrogens with one attached hydrogen (secondary N) is 1. The molecule has 1 aliphatic rings. The molecule has 1 aromatic carbocycles. The molecule has 19 heavy (non-hydrogen) atoms. The van der Waals surface area contributed by atoms with Gasteiger partial charge in [-0.25, -0.2) is 0 Å². The number of hydrogen-bond donors (Lipinski definition) is 1. The van der Waals surface area contributed by atoms with Crippen molar-refractivity contribution in [2.75, 3.05) is 41.4 Å². The lowest BCUT2D eigenvalue weighted by Gasteiger charge is -2.44. The first kappa shape index (κ1) is 14.2. The molecule has 0 bridgehead atoms. The SMILES string of the molecule is COc1ccc(C2(N(C)C)CCNCC2)cc1OC. The van der Waals surface area contributed by atoms with Gasteiger partial charge in [0.1, 0.15) is 0 Å². The molecule has 0 aliphatic carbocycles. The first-order chi connectivity index (χ1) is 9.14. The molecular weight excluding hydrogens is 240 g/mol. The van der Waals surface area contributed by atoms with Crippen LogP contribution in [0.25, 0.3) is 0 Å². The monoisotopic (exact) mass is 264 g/mol. The molecule has 106 valence electrons. The summed E-state index contributed by atoms with van der Waals surface area (Å²) in [6.07, 6.45) is 2.21. The molecule has 1 aliphatic heterocycles. The van der Waals surface area contributed by atoms with Crippen molar-refractivity contribution in [1.82, 2.24) is 10.2 Å². The topological polar surface area (TPSA) is 33.7 Å². The molecule has 1 fully saturated rings. The van der Waals surface area contributed by atoms with Crippen molar-refractivity contribution in [3.63, 3.8) is 0 Å². The Morgan fingerprint density at radius 1 is 1.05 bits per heavy atom. The fourth-order valence-corrected chi connectivity index (χ4v) is 2.96. The van der Waals surface area contributed by atoms with Gasteiger partial charge in [-0.05, 0) is 57.7 Å². The van der Waals surface area contributed by atoms with Crippen molar-refractivity contribution in [2.45, 2.75) is 18.4 Å². The van der Waals surface area contributed by atoms with Crippen LogP contribution < -0.4 is 14.8 Å². The third kappa shape index (κ3) is 2.55. The van der Waals surface area contributed by atoms with Crippen LogP contribution >= 0.6 is 0 Å². The Hall–Kier alpha value is -1.26. The van der Waals surface area contributed by atoms with Gasteiger partial charge in [0.2, 0.25) is 0 Å². The standard InChI is InChI=1S/C15H24N2O2/c1-17(2)15(7-9-16-10-8-15)12-5-6-13(18-3)14(11-12)19-4/h5-6,11,16H,7-10H2,1-4H3. The number of nitrogens with zero attached hydrogens (tertiary/aromatic N) is 1. The zero-order valence-corrected chi connectivity index (χ0v) is 12.3. The molecule has 0 spiro atoms. The Kier molecular flexibility index (Phi) is 4.32. The van der Waals surface area contributed by atoms with Gasteiger partial charge in [-0.15, -0.1) is 0 Å². The van der Waals surface area contributed by atoms with Crippen molar-refractivity contribution < 1.29 is 9.47 Å². The molecule has 1 N–H and O–H groups in total. The van der Waals surface area contributed by atoms with Gasteiger partial charge in [-0.1, -0.05) is 6.07 Å². The first-order valence-corrected chi connectivity index (χ1v) is 6.75. The Bertz CT molecular complexity index is 426. The zero-order chi connectivity index (χ0) is 13.9. The summed E-state index contributed by atoms with van der Waals surface area (Å²) < 4.78 is 10.8. The van der Waals surface area contributed by atoms with Crippen LogP contribution in [0.3, 0.4) is 0 Å². The normalized spacial score (nSPS) is 18.4. The fraction of sp³-hybridized carbons (Fsp3) is 0.600. The molecule has 1 aromatic rings. The van der Waals surface area contributed by atoms with Crippen LogP contribution in [0.2, 0.25) is 0 Å². The highest BCUT2D eigenvalue weighted by molar-refractivity contribution is 5.45. The van der Waals surface area contributed by atoms with Crippen molar-refractivity contribution >= 4 is 0 Å². The first-order valence-electron chi connectivity index (χ1n) is 6.75. The van der Waals surface area contributed by atoms with Gasteiger partial charge in [0.25, 0.3) is 0 Å². The van der Waals surface area contributed by atoms with E-state index in [1.54, 1.807) is 14.2 Å². The van der Waals surface area contributed by atoms with Gasteiger partial charge >= 0.3 is 0 Å². The predicted molar refractivity (Wildman–Crippen MR) is 77.0 cm³/mol. The third-order valence-corrected chi connectivity index (χ3v) is 4.21. The summed E-state index contributed by atoms with van der Waals surface area (Å²) in [5.41, 5.74) is 1.39. The van der Waals surface area contributed by atoms with Crippen molar-refractivity contribution in [2.24, 2.45) is 0 Å². The molecule has 0 atom stereocenters. The highest BCUT2D eigenvalue weighted by atomic mass is 16.5. The number of piperidine rings is 1. The molecular formula is C15H24N2O2. The van der Waals surface area contributed by atoms with Crippen LogP contribution in [-0.4, -0.2) is 46.3 Å². The molecule has 1 saturated heterocycles. The van der Waals surface area contributed by atoms with Crippen LogP contribution in [-0.2, 0) is 5.54 Å². The van der Waals surface area contributed by atoms with Crippen LogP contribution in [0.4, 0.5) is 0 Å². The number of hydrogen-bond acceptors (Lipinski definition) is 4. The Balaban J connectivity index is 2.42. The lowest BCUT2D eigenvalue weighted by Crippen LogP contribution is -2.49. The summed E-state index contributed by atoms with van der Waals surface area (Å²) in [5.74, 6) is 1.59. The van der Waals surface area contributed by atoms with Gasteiger partial charge in [0.15, 0.2) is 11.5 Å². The maximum atomic E-state index is 5.43. The van der Waals surface area contributed by atoms with E-state index in [0.29, 0.717) is 0 Å². The zero-order valence-electron chi connectivity index (χ0n) is 12.3. The van der Waals surface area contributed by atoms with E-state index in [2.05, 4.69) is 36.4 Å². The van der Waals surface area contributed by atoms with Crippen LogP contribution in [0.1, 0.15) is 18.4 Å². The molecule has 0 aromatic heterocycles. The highest BCUT2D eigenvalue weighted by Crippen LogP contribution is 2.39. The Morgan fingerprint density at radius 3 is 2.21 bits per heavy atom. The second-order valence-electron chi connectivity index (χ2n) is 5.25. The maximum Gasteiger partial charge on any atom is 0.161 e. The minimum absolute atomic E-state index is 0.0881. The maximum absolute atomic E-state index is 5.43. The molecule has 2 rings (SSSR count). The fourth-order valence-electron chi connectivity index (χ4n) is 2.96. The molecule has 4 nitrogen and oxygen atoms in total. The van der Waals surface area contributed by atoms with E-state index in [1.165, 1.54) is 5.56 Å². The lowest BCUT2D eigenvalue weighted by atomic mass is 9.80. The highest BCUT2D eigenvalue weighted by Gasteiger charge is 2.36. The summed E-state index contributed by atoms with van der Waals surface area (Å²) in [7, 11) is 7.67. The molecule has 4 heteroatoms. The quantitative estimate of drug-likeness (QED) is 0.900. The molecule has 1 heterocycles. The van der Waals surface area contributed by atoms with E-state index in [0.717, 1.165) is 37.4 Å². The minimum atomic E-state index is 0.0881. The van der Waals surface area contributed by atoms with E-state index in [1.807, 2.05) is 6.07 Å². The lowest BCUT2D eigenvalue weighted by molar-refractivity contribution is 0.107. The molecule has 0 radical (unpaired) electrons. The minimum Gasteiger partial charge on any atom is -0.493 e. The number of benzene rings is 1. The molecule has 0 unspecified atom stereocenters. The largest absolute Gasteiger partial charge is 0.493 e. The van der Waals surface area contributed by atoms with Gasteiger partial charge in [0.05, 0.1) is 14.2 Å². The van der Waals surface area contributed by atoms with E-state index >= 15 is 0 Å². The van der Waals surface area contributed by atoms with Crippen molar-refractivity contribution in [3.8, 4) is 11.5 Å².